The van der Waals surface area contributed by atoms with E-state index in [2.05, 4.69) is 26.1 Å². The van der Waals surface area contributed by atoms with Gasteiger partial charge in [0, 0.05) is 12.2 Å². The van der Waals surface area contributed by atoms with Crippen LogP contribution in [-0.4, -0.2) is 13.7 Å². The van der Waals surface area contributed by atoms with Crippen molar-refractivity contribution in [1.82, 2.24) is 0 Å². The molecule has 2 nitrogen and oxygen atoms in total. The Morgan fingerprint density at radius 1 is 1.23 bits per heavy atom. The minimum atomic E-state index is 0.927. The van der Waals surface area contributed by atoms with Gasteiger partial charge in [-0.25, -0.2) is 0 Å². The van der Waals surface area contributed by atoms with Gasteiger partial charge in [0.05, 0.1) is 7.11 Å². The van der Waals surface area contributed by atoms with Gasteiger partial charge in [0.15, 0.2) is 0 Å². The maximum Gasteiger partial charge on any atom is 0.119 e. The van der Waals surface area contributed by atoms with E-state index >= 15 is 0 Å². The van der Waals surface area contributed by atoms with E-state index < -0.39 is 0 Å². The predicted octanol–water partition coefficient (Wildman–Crippen LogP) is 2.74. The number of hydrogen-bond donors (Lipinski definition) is 1. The third-order valence-corrected chi connectivity index (χ3v) is 2.10. The van der Waals surface area contributed by atoms with Gasteiger partial charge in [-0.15, -0.1) is 0 Å². The highest BCUT2D eigenvalue weighted by Gasteiger charge is 2.03. The first-order valence-corrected chi connectivity index (χ1v) is 4.58. The van der Waals surface area contributed by atoms with E-state index in [1.165, 1.54) is 16.8 Å². The molecule has 0 spiro atoms. The van der Waals surface area contributed by atoms with E-state index in [-0.39, 0.29) is 0 Å². The summed E-state index contributed by atoms with van der Waals surface area (Å²) in [5.41, 5.74) is 3.70. The van der Waals surface area contributed by atoms with Gasteiger partial charge in [0.1, 0.15) is 5.75 Å². The molecule has 72 valence electrons. The molecule has 0 saturated carbocycles. The van der Waals surface area contributed by atoms with Crippen LogP contribution in [0.1, 0.15) is 18.1 Å². The third kappa shape index (κ3) is 2.14. The third-order valence-electron chi connectivity index (χ3n) is 2.10. The lowest BCUT2D eigenvalue weighted by atomic mass is 10.1. The van der Waals surface area contributed by atoms with E-state index in [1.54, 1.807) is 7.11 Å². The summed E-state index contributed by atoms with van der Waals surface area (Å²) in [5.74, 6) is 0.927. The van der Waals surface area contributed by atoms with Gasteiger partial charge < -0.3 is 10.1 Å². The number of ether oxygens (including phenoxy) is 1. The van der Waals surface area contributed by atoms with Crippen molar-refractivity contribution in [3.63, 3.8) is 0 Å². The van der Waals surface area contributed by atoms with Crippen LogP contribution in [0.15, 0.2) is 12.1 Å². The molecule has 0 saturated heterocycles. The molecule has 0 aromatic heterocycles. The van der Waals surface area contributed by atoms with Gasteiger partial charge in [0.2, 0.25) is 0 Å². The summed E-state index contributed by atoms with van der Waals surface area (Å²) in [5, 5.41) is 3.34. The first-order valence-electron chi connectivity index (χ1n) is 4.58. The van der Waals surface area contributed by atoms with Crippen LogP contribution in [0.3, 0.4) is 0 Å². The summed E-state index contributed by atoms with van der Waals surface area (Å²) in [6.45, 7) is 7.23. The molecule has 0 aliphatic rings. The maximum atomic E-state index is 5.18. The van der Waals surface area contributed by atoms with Crippen LogP contribution in [0.4, 0.5) is 5.69 Å². The molecular formula is C11H17NO. The molecule has 0 amide bonds. The molecule has 0 unspecified atom stereocenters. The lowest BCUT2D eigenvalue weighted by molar-refractivity contribution is 0.414. The predicted molar refractivity (Wildman–Crippen MR) is 56.6 cm³/mol. The van der Waals surface area contributed by atoms with Gasteiger partial charge >= 0.3 is 0 Å². The zero-order valence-electron chi connectivity index (χ0n) is 8.77. The van der Waals surface area contributed by atoms with Crippen molar-refractivity contribution in [2.75, 3.05) is 19.0 Å². The standard InChI is InChI=1S/C11H17NO/c1-5-12-11-8(2)6-10(13-4)7-9(11)3/h6-7,12H,5H2,1-4H3. The van der Waals surface area contributed by atoms with E-state index in [9.17, 15) is 0 Å². The van der Waals surface area contributed by atoms with E-state index in [4.69, 9.17) is 4.74 Å². The highest BCUT2D eigenvalue weighted by molar-refractivity contribution is 5.59. The molecule has 0 aliphatic heterocycles. The summed E-state index contributed by atoms with van der Waals surface area (Å²) in [6.07, 6.45) is 0. The van der Waals surface area contributed by atoms with Crippen LogP contribution in [0.5, 0.6) is 5.75 Å². The summed E-state index contributed by atoms with van der Waals surface area (Å²) < 4.78 is 5.18. The second-order valence-corrected chi connectivity index (χ2v) is 3.17. The average molecular weight is 179 g/mol. The van der Waals surface area contributed by atoms with E-state index in [0.29, 0.717) is 0 Å². The molecule has 2 heteroatoms. The maximum absolute atomic E-state index is 5.18. The molecule has 1 rings (SSSR count). The monoisotopic (exact) mass is 179 g/mol. The summed E-state index contributed by atoms with van der Waals surface area (Å²) in [7, 11) is 1.70. The van der Waals surface area contributed by atoms with Gasteiger partial charge in [0.25, 0.3) is 0 Å². The topological polar surface area (TPSA) is 21.3 Å². The number of aryl methyl sites for hydroxylation is 2. The smallest absolute Gasteiger partial charge is 0.119 e. The molecule has 0 atom stereocenters. The highest BCUT2D eigenvalue weighted by atomic mass is 16.5. The number of benzene rings is 1. The normalized spacial score (nSPS) is 9.85. The molecule has 1 aromatic carbocycles. The number of nitrogens with one attached hydrogen (secondary N) is 1. The second-order valence-electron chi connectivity index (χ2n) is 3.17. The molecule has 1 aromatic rings. The van der Waals surface area contributed by atoms with Crippen LogP contribution in [-0.2, 0) is 0 Å². The van der Waals surface area contributed by atoms with Gasteiger partial charge in [-0.3, -0.25) is 0 Å². The fourth-order valence-corrected chi connectivity index (χ4v) is 1.50. The Labute approximate surface area is 79.9 Å². The Kier molecular flexibility index (Phi) is 3.18. The zero-order valence-corrected chi connectivity index (χ0v) is 8.77. The zero-order chi connectivity index (χ0) is 9.84. The Hall–Kier alpha value is -1.18. The van der Waals surface area contributed by atoms with Crippen molar-refractivity contribution in [2.24, 2.45) is 0 Å². The fourth-order valence-electron chi connectivity index (χ4n) is 1.50. The van der Waals surface area contributed by atoms with Crippen molar-refractivity contribution in [3.05, 3.63) is 23.3 Å². The minimum absolute atomic E-state index is 0.927. The lowest BCUT2D eigenvalue weighted by Crippen LogP contribution is -2.01. The summed E-state index contributed by atoms with van der Waals surface area (Å²) in [6, 6.07) is 4.09. The van der Waals surface area contributed by atoms with Crippen molar-refractivity contribution >= 4 is 5.69 Å². The van der Waals surface area contributed by atoms with Crippen LogP contribution in [0.2, 0.25) is 0 Å². The molecule has 13 heavy (non-hydrogen) atoms. The number of anilines is 1. The van der Waals surface area contributed by atoms with Crippen molar-refractivity contribution in [3.8, 4) is 5.75 Å². The number of hydrogen-bond acceptors (Lipinski definition) is 2. The van der Waals surface area contributed by atoms with Crippen LogP contribution < -0.4 is 10.1 Å². The molecule has 0 heterocycles. The molecule has 0 radical (unpaired) electrons. The van der Waals surface area contributed by atoms with Crippen molar-refractivity contribution in [1.29, 1.82) is 0 Å². The molecular weight excluding hydrogens is 162 g/mol. The van der Waals surface area contributed by atoms with Crippen molar-refractivity contribution < 1.29 is 4.74 Å². The fraction of sp³-hybridized carbons (Fsp3) is 0.455. The lowest BCUT2D eigenvalue weighted by Gasteiger charge is -2.12. The van der Waals surface area contributed by atoms with Crippen LogP contribution in [0, 0.1) is 13.8 Å². The molecule has 0 aliphatic carbocycles. The van der Waals surface area contributed by atoms with Crippen LogP contribution >= 0.6 is 0 Å². The van der Waals surface area contributed by atoms with Crippen molar-refractivity contribution in [2.45, 2.75) is 20.8 Å². The summed E-state index contributed by atoms with van der Waals surface area (Å²) in [4.78, 5) is 0. The first-order chi connectivity index (χ1) is 6.19. The molecule has 1 N–H and O–H groups in total. The van der Waals surface area contributed by atoms with E-state index in [0.717, 1.165) is 12.3 Å². The Bertz CT molecular complexity index is 271. The first kappa shape index (κ1) is 9.90. The molecule has 0 bridgehead atoms. The SMILES string of the molecule is CCNc1c(C)cc(OC)cc1C. The van der Waals surface area contributed by atoms with Gasteiger partial charge in [-0.05, 0) is 44.0 Å². The quantitative estimate of drug-likeness (QED) is 0.770. The largest absolute Gasteiger partial charge is 0.497 e. The Balaban J connectivity index is 3.07. The van der Waals surface area contributed by atoms with E-state index in [1.807, 2.05) is 12.1 Å². The summed E-state index contributed by atoms with van der Waals surface area (Å²) >= 11 is 0. The minimum Gasteiger partial charge on any atom is -0.497 e. The number of methoxy groups -OCH3 is 1. The van der Waals surface area contributed by atoms with Gasteiger partial charge in [-0.2, -0.15) is 0 Å². The molecule has 0 fully saturated rings. The van der Waals surface area contributed by atoms with Crippen LogP contribution in [0.25, 0.3) is 0 Å². The Morgan fingerprint density at radius 3 is 2.15 bits per heavy atom. The number of rotatable bonds is 3. The Morgan fingerprint density at radius 2 is 1.77 bits per heavy atom. The second kappa shape index (κ2) is 4.17. The van der Waals surface area contributed by atoms with Gasteiger partial charge in [-0.1, -0.05) is 0 Å². The highest BCUT2D eigenvalue weighted by Crippen LogP contribution is 2.25. The average Bonchev–Trinajstić information content (AvgIpc) is 2.11.